The maximum Gasteiger partial charge on any atom is 0.408 e. The van der Waals surface area contributed by atoms with Crippen molar-refractivity contribution in [3.63, 3.8) is 0 Å². The van der Waals surface area contributed by atoms with Crippen molar-refractivity contribution in [1.82, 2.24) is 15.3 Å². The van der Waals surface area contributed by atoms with E-state index in [0.29, 0.717) is 16.5 Å². The summed E-state index contributed by atoms with van der Waals surface area (Å²) in [5, 5.41) is 11.6. The fraction of sp³-hybridized carbons (Fsp3) is 0.514. The number of hydrogen-bond acceptors (Lipinski definition) is 13. The standard InChI is InChI=1S/C35H44ClN5O9S2/c1-18(2)29(41-34(44)50-35(4,5)6)33(43)49-27-13-23(11-21(27)16-48-52(37,45)46)40-32-26(15-38-17-39-32)30(42)28-14-24(19(3)51-28)31-25-12-22(36)8-7-20(25)9-10-47-31/h7-8,12,14-15,17-18,21,23,27,29,31H,9-11,13,16H2,1-6H3,(H,41,44)(H2,37,45,46)(H,38,39,40)/t21-,23-,27+,29+,31+/m1/s1. The molecule has 1 fully saturated rings. The number of benzene rings is 1. The Morgan fingerprint density at radius 2 is 1.90 bits per heavy atom. The van der Waals surface area contributed by atoms with E-state index in [-0.39, 0.29) is 48.6 Å². The van der Waals surface area contributed by atoms with Gasteiger partial charge in [-0.25, -0.2) is 24.7 Å². The number of rotatable bonds is 12. The molecule has 0 unspecified atom stereocenters. The Morgan fingerprint density at radius 1 is 1.15 bits per heavy atom. The maximum absolute atomic E-state index is 14.0. The molecule has 2 aliphatic rings. The molecule has 0 bridgehead atoms. The molecule has 17 heteroatoms. The van der Waals surface area contributed by atoms with Crippen LogP contribution < -0.4 is 15.8 Å². The van der Waals surface area contributed by atoms with Crippen molar-refractivity contribution in [2.24, 2.45) is 17.0 Å². The Balaban J connectivity index is 1.34. The molecule has 1 saturated carbocycles. The predicted molar refractivity (Wildman–Crippen MR) is 195 cm³/mol. The van der Waals surface area contributed by atoms with Crippen molar-refractivity contribution in [3.05, 3.63) is 73.8 Å². The van der Waals surface area contributed by atoms with Crippen molar-refractivity contribution < 1.29 is 41.2 Å². The monoisotopic (exact) mass is 777 g/mol. The number of ketones is 1. The van der Waals surface area contributed by atoms with Gasteiger partial charge in [0.05, 0.1) is 23.7 Å². The molecule has 14 nitrogen and oxygen atoms in total. The summed E-state index contributed by atoms with van der Waals surface area (Å²) in [5.74, 6) is -1.73. The summed E-state index contributed by atoms with van der Waals surface area (Å²) in [6.45, 7) is 10.7. The van der Waals surface area contributed by atoms with E-state index in [9.17, 15) is 22.8 Å². The molecule has 3 heterocycles. The zero-order valence-corrected chi connectivity index (χ0v) is 32.2. The number of carbonyl (C=O) groups is 3. The molecule has 1 aliphatic carbocycles. The van der Waals surface area contributed by atoms with Crippen LogP contribution in [0.2, 0.25) is 5.02 Å². The molecular formula is C35H44ClN5O9S2. The number of amides is 1. The minimum absolute atomic E-state index is 0.211. The number of nitrogens with zero attached hydrogens (tertiary/aromatic N) is 2. The Kier molecular flexibility index (Phi) is 12.3. The van der Waals surface area contributed by atoms with E-state index in [1.165, 1.54) is 23.9 Å². The van der Waals surface area contributed by atoms with Gasteiger partial charge in [0.25, 0.3) is 0 Å². The number of nitrogens with one attached hydrogen (secondary N) is 2. The van der Waals surface area contributed by atoms with Crippen LogP contribution in [0.1, 0.15) is 90.4 Å². The summed E-state index contributed by atoms with van der Waals surface area (Å²) in [7, 11) is -4.29. The highest BCUT2D eigenvalue weighted by Crippen LogP contribution is 2.40. The summed E-state index contributed by atoms with van der Waals surface area (Å²) in [5.41, 5.74) is 2.44. The number of esters is 1. The van der Waals surface area contributed by atoms with E-state index in [1.807, 2.05) is 31.2 Å². The van der Waals surface area contributed by atoms with Gasteiger partial charge in [-0.3, -0.25) is 8.98 Å². The summed E-state index contributed by atoms with van der Waals surface area (Å²) >= 11 is 7.67. The second kappa shape index (κ2) is 16.1. The van der Waals surface area contributed by atoms with Crippen LogP contribution >= 0.6 is 22.9 Å². The van der Waals surface area contributed by atoms with Gasteiger partial charge in [-0.15, -0.1) is 11.3 Å². The number of carbonyl (C=O) groups excluding carboxylic acids is 3. The van der Waals surface area contributed by atoms with Crippen LogP contribution in [0.15, 0.2) is 36.8 Å². The molecule has 0 radical (unpaired) electrons. The molecular weight excluding hydrogens is 734 g/mol. The third-order valence-corrected chi connectivity index (χ3v) is 10.5. The lowest BCUT2D eigenvalue weighted by Gasteiger charge is -2.27. The molecule has 1 aliphatic heterocycles. The highest BCUT2D eigenvalue weighted by molar-refractivity contribution is 7.84. The number of hydrogen-bond donors (Lipinski definition) is 3. The Morgan fingerprint density at radius 3 is 2.60 bits per heavy atom. The molecule has 2 aromatic heterocycles. The second-order valence-corrected chi connectivity index (χ2v) is 17.2. The fourth-order valence-electron chi connectivity index (χ4n) is 6.34. The van der Waals surface area contributed by atoms with Crippen molar-refractivity contribution >= 4 is 56.9 Å². The maximum atomic E-state index is 14.0. The molecule has 1 amide bonds. The number of thiophene rings is 1. The third kappa shape index (κ3) is 10.0. The largest absolute Gasteiger partial charge is 0.460 e. The first-order valence-corrected chi connectivity index (χ1v) is 19.5. The van der Waals surface area contributed by atoms with E-state index in [0.717, 1.165) is 28.0 Å². The number of aromatic nitrogens is 2. The number of ether oxygens (including phenoxy) is 3. The van der Waals surface area contributed by atoms with Crippen LogP contribution in [-0.2, 0) is 39.9 Å². The minimum Gasteiger partial charge on any atom is -0.460 e. The number of alkyl carbamates (subject to hydrolysis) is 1. The smallest absolute Gasteiger partial charge is 0.408 e. The van der Waals surface area contributed by atoms with Gasteiger partial charge in [-0.05, 0) is 81.3 Å². The molecule has 5 atom stereocenters. The summed E-state index contributed by atoms with van der Waals surface area (Å²) in [6.07, 6.45) is 2.02. The van der Waals surface area contributed by atoms with Gasteiger partial charge in [-0.2, -0.15) is 8.42 Å². The van der Waals surface area contributed by atoms with Gasteiger partial charge in [0.1, 0.15) is 36.0 Å². The average molecular weight is 778 g/mol. The van der Waals surface area contributed by atoms with E-state index < -0.39 is 52.1 Å². The lowest BCUT2D eigenvalue weighted by atomic mass is 9.93. The summed E-state index contributed by atoms with van der Waals surface area (Å²) in [6, 6.07) is 6.13. The van der Waals surface area contributed by atoms with Crippen molar-refractivity contribution in [2.75, 3.05) is 18.5 Å². The van der Waals surface area contributed by atoms with Gasteiger partial charge in [0.2, 0.25) is 5.78 Å². The normalized spacial score (nSPS) is 20.9. The molecule has 0 spiro atoms. The van der Waals surface area contributed by atoms with Crippen LogP contribution in [-0.4, -0.2) is 73.2 Å². The molecule has 1 aromatic carbocycles. The summed E-state index contributed by atoms with van der Waals surface area (Å²) in [4.78, 5) is 49.8. The van der Waals surface area contributed by atoms with Gasteiger partial charge in [0.15, 0.2) is 0 Å². The van der Waals surface area contributed by atoms with Gasteiger partial charge < -0.3 is 24.8 Å². The van der Waals surface area contributed by atoms with Crippen molar-refractivity contribution in [3.8, 4) is 0 Å². The van der Waals surface area contributed by atoms with Crippen LogP contribution in [0, 0.1) is 18.8 Å². The topological polar surface area (TPSA) is 198 Å². The Labute approximate surface area is 312 Å². The first-order valence-electron chi connectivity index (χ1n) is 16.9. The Hall–Kier alpha value is -3.67. The summed E-state index contributed by atoms with van der Waals surface area (Å²) < 4.78 is 45.6. The third-order valence-electron chi connectivity index (χ3n) is 8.74. The van der Waals surface area contributed by atoms with Crippen LogP contribution in [0.3, 0.4) is 0 Å². The first kappa shape index (κ1) is 39.5. The SMILES string of the molecule is Cc1sc(C(=O)c2cncnc2N[C@@H]2C[C@H](COS(N)(=O)=O)[C@@H](OC(=O)[C@@H](NC(=O)OC(C)(C)C)C(C)C)C2)cc1[C@@H]1OCCc2ccc(Cl)cc21. The van der Waals surface area contributed by atoms with Gasteiger partial charge in [0, 0.05) is 34.5 Å². The number of aryl methyl sites for hydroxylation is 1. The lowest BCUT2D eigenvalue weighted by Crippen LogP contribution is -2.48. The van der Waals surface area contributed by atoms with Crippen molar-refractivity contribution in [1.29, 1.82) is 0 Å². The molecule has 5 rings (SSSR count). The van der Waals surface area contributed by atoms with Gasteiger partial charge in [-0.1, -0.05) is 31.5 Å². The highest BCUT2D eigenvalue weighted by Gasteiger charge is 2.40. The number of halogens is 1. The molecule has 4 N–H and O–H groups in total. The van der Waals surface area contributed by atoms with E-state index >= 15 is 0 Å². The number of fused-ring (bicyclic) bond motifs is 1. The molecule has 282 valence electrons. The van der Waals surface area contributed by atoms with E-state index in [2.05, 4.69) is 20.6 Å². The zero-order valence-electron chi connectivity index (χ0n) is 29.8. The van der Waals surface area contributed by atoms with E-state index in [4.69, 9.17) is 35.1 Å². The van der Waals surface area contributed by atoms with Crippen LogP contribution in [0.4, 0.5) is 10.6 Å². The minimum atomic E-state index is -4.29. The predicted octanol–water partition coefficient (Wildman–Crippen LogP) is 5.26. The van der Waals surface area contributed by atoms with Gasteiger partial charge >= 0.3 is 22.4 Å². The first-order chi connectivity index (χ1) is 24.4. The zero-order chi connectivity index (χ0) is 38.0. The van der Waals surface area contributed by atoms with E-state index in [1.54, 1.807) is 34.6 Å². The molecule has 52 heavy (non-hydrogen) atoms. The van der Waals surface area contributed by atoms with Crippen LogP contribution in [0.5, 0.6) is 0 Å². The Bertz CT molecular complexity index is 1910. The lowest BCUT2D eigenvalue weighted by molar-refractivity contribution is -0.155. The molecule has 3 aromatic rings. The number of nitrogens with two attached hydrogens (primary N) is 1. The highest BCUT2D eigenvalue weighted by atomic mass is 35.5. The molecule has 0 saturated heterocycles. The quantitative estimate of drug-likeness (QED) is 0.159. The van der Waals surface area contributed by atoms with Crippen molar-refractivity contribution in [2.45, 2.75) is 90.7 Å². The van der Waals surface area contributed by atoms with Crippen LogP contribution in [0.25, 0.3) is 0 Å². The second-order valence-electron chi connectivity index (χ2n) is 14.3. The fourth-order valence-corrected chi connectivity index (χ4v) is 7.88. The number of anilines is 1. The average Bonchev–Trinajstić information content (AvgIpc) is 3.63.